The fourth-order valence-electron chi connectivity index (χ4n) is 1.57. The Bertz CT molecular complexity index is 761. The van der Waals surface area contributed by atoms with E-state index in [1.165, 1.54) is 13.0 Å². The summed E-state index contributed by atoms with van der Waals surface area (Å²) in [5, 5.41) is 2.47. The molecule has 0 aromatic heterocycles. The largest absolute Gasteiger partial charge is 0.534 e. The molecule has 0 fully saturated rings. The Labute approximate surface area is 138 Å². The van der Waals surface area contributed by atoms with E-state index < -0.39 is 27.3 Å². The molecule has 0 saturated heterocycles. The molecule has 1 amide bonds. The van der Waals surface area contributed by atoms with Gasteiger partial charge in [-0.05, 0) is 24.6 Å². The fourth-order valence-corrected chi connectivity index (χ4v) is 2.03. The van der Waals surface area contributed by atoms with Gasteiger partial charge in [-0.1, -0.05) is 25.2 Å². The van der Waals surface area contributed by atoms with Gasteiger partial charge in [0.05, 0.1) is 11.3 Å². The molecular formula is C15H16F3NO4S. The van der Waals surface area contributed by atoms with Gasteiger partial charge < -0.3 is 9.50 Å². The van der Waals surface area contributed by atoms with E-state index >= 15 is 0 Å². The molecule has 0 saturated carbocycles. The van der Waals surface area contributed by atoms with Crippen LogP contribution in [0.2, 0.25) is 0 Å². The highest BCUT2D eigenvalue weighted by molar-refractivity contribution is 7.88. The molecule has 132 valence electrons. The lowest BCUT2D eigenvalue weighted by Crippen LogP contribution is -2.28. The molecule has 0 radical (unpaired) electrons. The van der Waals surface area contributed by atoms with E-state index in [0.29, 0.717) is 6.42 Å². The van der Waals surface area contributed by atoms with Gasteiger partial charge in [-0.25, -0.2) is 0 Å². The molecule has 0 heterocycles. The first-order valence-electron chi connectivity index (χ1n) is 6.98. The third-order valence-electron chi connectivity index (χ3n) is 2.67. The van der Waals surface area contributed by atoms with E-state index in [4.69, 9.17) is 0 Å². The van der Waals surface area contributed by atoms with Gasteiger partial charge in [0.15, 0.2) is 0 Å². The Morgan fingerprint density at radius 3 is 2.54 bits per heavy atom. The van der Waals surface area contributed by atoms with Crippen LogP contribution in [0.4, 0.5) is 18.9 Å². The predicted octanol–water partition coefficient (Wildman–Crippen LogP) is 3.42. The van der Waals surface area contributed by atoms with Crippen molar-refractivity contribution in [3.05, 3.63) is 23.8 Å². The molecule has 0 atom stereocenters. The van der Waals surface area contributed by atoms with E-state index in [9.17, 15) is 26.4 Å². The van der Waals surface area contributed by atoms with Crippen LogP contribution in [0.25, 0.3) is 0 Å². The average molecular weight is 363 g/mol. The van der Waals surface area contributed by atoms with E-state index in [0.717, 1.165) is 25.0 Å². The van der Waals surface area contributed by atoms with Crippen LogP contribution in [0.1, 0.15) is 38.7 Å². The number of anilines is 1. The molecule has 24 heavy (non-hydrogen) atoms. The molecule has 1 aromatic carbocycles. The van der Waals surface area contributed by atoms with Gasteiger partial charge in [0.2, 0.25) is 5.91 Å². The molecule has 5 nitrogen and oxygen atoms in total. The lowest BCUT2D eigenvalue weighted by Gasteiger charge is -2.11. The number of halogens is 3. The van der Waals surface area contributed by atoms with Crippen LogP contribution in [-0.2, 0) is 14.9 Å². The minimum atomic E-state index is -5.77. The summed E-state index contributed by atoms with van der Waals surface area (Å²) in [5.41, 5.74) is -5.12. The first-order valence-corrected chi connectivity index (χ1v) is 8.39. The lowest BCUT2D eigenvalue weighted by molar-refractivity contribution is -0.114. The molecule has 1 aromatic rings. The third kappa shape index (κ3) is 5.77. The second-order valence-electron chi connectivity index (χ2n) is 4.78. The molecule has 0 aliphatic rings. The summed E-state index contributed by atoms with van der Waals surface area (Å²) in [6.07, 6.45) is 2.31. The van der Waals surface area contributed by atoms with E-state index in [1.54, 1.807) is 0 Å². The number of benzene rings is 1. The SMILES string of the molecule is CCCCC#Cc1cc(OS(=O)(=O)C(F)(F)F)ccc1NC(C)=O. The monoisotopic (exact) mass is 363 g/mol. The van der Waals surface area contributed by atoms with Crippen molar-refractivity contribution in [2.75, 3.05) is 5.32 Å². The second kappa shape index (κ2) is 8.06. The molecular weight excluding hydrogens is 347 g/mol. The van der Waals surface area contributed by atoms with E-state index in [1.807, 2.05) is 6.92 Å². The summed E-state index contributed by atoms with van der Waals surface area (Å²) in [6, 6.07) is 3.27. The first-order chi connectivity index (χ1) is 11.1. The van der Waals surface area contributed by atoms with E-state index in [-0.39, 0.29) is 11.3 Å². The highest BCUT2D eigenvalue weighted by Crippen LogP contribution is 2.29. The Hall–Kier alpha value is -2.21. The van der Waals surface area contributed by atoms with Crippen molar-refractivity contribution in [2.24, 2.45) is 0 Å². The van der Waals surface area contributed by atoms with Crippen molar-refractivity contribution in [1.82, 2.24) is 0 Å². The summed E-state index contributed by atoms with van der Waals surface area (Å²) in [5.74, 6) is 4.57. The van der Waals surface area contributed by atoms with Crippen LogP contribution in [0.5, 0.6) is 5.75 Å². The van der Waals surface area contributed by atoms with Crippen molar-refractivity contribution in [3.8, 4) is 17.6 Å². The van der Waals surface area contributed by atoms with Crippen LogP contribution >= 0.6 is 0 Å². The van der Waals surface area contributed by atoms with Crippen LogP contribution < -0.4 is 9.50 Å². The van der Waals surface area contributed by atoms with Crippen molar-refractivity contribution < 1.29 is 30.6 Å². The highest BCUT2D eigenvalue weighted by atomic mass is 32.2. The van der Waals surface area contributed by atoms with Gasteiger partial charge in [-0.15, -0.1) is 0 Å². The van der Waals surface area contributed by atoms with Crippen molar-refractivity contribution in [2.45, 2.75) is 38.6 Å². The summed E-state index contributed by atoms with van der Waals surface area (Å²) in [4.78, 5) is 11.2. The first kappa shape index (κ1) is 19.8. The minimum Gasteiger partial charge on any atom is -0.376 e. The zero-order valence-electron chi connectivity index (χ0n) is 13.0. The van der Waals surface area contributed by atoms with Crippen LogP contribution in [0.15, 0.2) is 18.2 Å². The van der Waals surface area contributed by atoms with Gasteiger partial charge >= 0.3 is 15.6 Å². The topological polar surface area (TPSA) is 72.5 Å². The summed E-state index contributed by atoms with van der Waals surface area (Å²) < 4.78 is 63.2. The summed E-state index contributed by atoms with van der Waals surface area (Å²) in [6.45, 7) is 3.23. The van der Waals surface area contributed by atoms with Crippen LogP contribution in [0, 0.1) is 11.8 Å². The standard InChI is InChI=1S/C15H16F3NO4S/c1-3-4-5-6-7-12-10-13(8-9-14(12)19-11(2)20)23-24(21,22)15(16,17)18/h8-10H,3-5H2,1-2H3,(H,19,20). The van der Waals surface area contributed by atoms with Crippen molar-refractivity contribution >= 4 is 21.7 Å². The molecule has 0 aliphatic carbocycles. The van der Waals surface area contributed by atoms with Crippen molar-refractivity contribution in [3.63, 3.8) is 0 Å². The number of amides is 1. The quantitative estimate of drug-likeness (QED) is 0.377. The molecule has 1 rings (SSSR count). The smallest absolute Gasteiger partial charge is 0.376 e. The molecule has 1 N–H and O–H groups in total. The second-order valence-corrected chi connectivity index (χ2v) is 6.31. The third-order valence-corrected chi connectivity index (χ3v) is 3.65. The van der Waals surface area contributed by atoms with Gasteiger partial charge in [-0.2, -0.15) is 21.6 Å². The lowest BCUT2D eigenvalue weighted by atomic mass is 10.1. The van der Waals surface area contributed by atoms with E-state index in [2.05, 4.69) is 21.3 Å². The molecule has 9 heteroatoms. The van der Waals surface area contributed by atoms with Crippen LogP contribution in [-0.4, -0.2) is 19.8 Å². The maximum atomic E-state index is 12.4. The summed E-state index contributed by atoms with van der Waals surface area (Å²) >= 11 is 0. The highest BCUT2D eigenvalue weighted by Gasteiger charge is 2.48. The number of hydrogen-bond donors (Lipinski definition) is 1. The Kier molecular flexibility index (Phi) is 6.66. The molecule has 0 aliphatic heterocycles. The maximum absolute atomic E-state index is 12.4. The minimum absolute atomic E-state index is 0.163. The zero-order chi connectivity index (χ0) is 18.4. The van der Waals surface area contributed by atoms with Gasteiger partial charge in [-0.3, -0.25) is 4.79 Å². The Morgan fingerprint density at radius 2 is 2.00 bits per heavy atom. The number of hydrogen-bond acceptors (Lipinski definition) is 4. The number of carbonyl (C=O) groups excluding carboxylic acids is 1. The number of nitrogens with one attached hydrogen (secondary N) is 1. The maximum Gasteiger partial charge on any atom is 0.534 e. The molecule has 0 unspecified atom stereocenters. The Balaban J connectivity index is 3.17. The fraction of sp³-hybridized carbons (Fsp3) is 0.400. The number of carbonyl (C=O) groups is 1. The molecule has 0 bridgehead atoms. The molecule has 0 spiro atoms. The van der Waals surface area contributed by atoms with Gasteiger partial charge in [0.25, 0.3) is 0 Å². The normalized spacial score (nSPS) is 11.4. The van der Waals surface area contributed by atoms with Gasteiger partial charge in [0.1, 0.15) is 5.75 Å². The number of unbranched alkanes of at least 4 members (excludes halogenated alkanes) is 2. The average Bonchev–Trinajstić information content (AvgIpc) is 2.44. The Morgan fingerprint density at radius 1 is 1.33 bits per heavy atom. The number of rotatable bonds is 5. The predicted molar refractivity (Wildman–Crippen MR) is 82.8 cm³/mol. The summed E-state index contributed by atoms with van der Waals surface area (Å²) in [7, 11) is -5.77. The van der Waals surface area contributed by atoms with Crippen LogP contribution in [0.3, 0.4) is 0 Å². The zero-order valence-corrected chi connectivity index (χ0v) is 13.8. The van der Waals surface area contributed by atoms with Crippen molar-refractivity contribution in [1.29, 1.82) is 0 Å². The van der Waals surface area contributed by atoms with Gasteiger partial charge in [0, 0.05) is 13.3 Å². The number of alkyl halides is 3.